The van der Waals surface area contributed by atoms with Crippen molar-refractivity contribution in [3.05, 3.63) is 76.6 Å². The van der Waals surface area contributed by atoms with Crippen LogP contribution in [0.4, 0.5) is 0 Å². The van der Waals surface area contributed by atoms with Crippen molar-refractivity contribution in [2.24, 2.45) is 4.99 Å². The molecule has 0 aliphatic carbocycles. The highest BCUT2D eigenvalue weighted by Crippen LogP contribution is 2.27. The molecule has 3 aromatic carbocycles. The van der Waals surface area contributed by atoms with E-state index in [9.17, 15) is 9.59 Å². The van der Waals surface area contributed by atoms with Crippen LogP contribution in [-0.2, 0) is 6.54 Å². The Labute approximate surface area is 160 Å². The summed E-state index contributed by atoms with van der Waals surface area (Å²) in [6.45, 7) is 4.28. The van der Waals surface area contributed by atoms with Crippen molar-refractivity contribution < 1.29 is 9.59 Å². The molecule has 0 aliphatic rings. The molecule has 5 heteroatoms. The van der Waals surface area contributed by atoms with Gasteiger partial charge < -0.3 is 4.57 Å². The predicted octanol–water partition coefficient (Wildman–Crippen LogP) is 4.82. The number of carbonyl (C=O) groups is 2. The number of thiazole rings is 1. The molecule has 0 bridgehead atoms. The number of aromatic nitrogens is 1. The van der Waals surface area contributed by atoms with Crippen LogP contribution in [0.2, 0.25) is 0 Å². The van der Waals surface area contributed by atoms with Crippen molar-refractivity contribution in [2.45, 2.75) is 20.4 Å². The van der Waals surface area contributed by atoms with Crippen LogP contribution in [-0.4, -0.2) is 16.3 Å². The Bertz CT molecular complexity index is 1250. The number of ketones is 1. The van der Waals surface area contributed by atoms with Crippen LogP contribution in [0.1, 0.15) is 34.6 Å². The number of amides is 1. The van der Waals surface area contributed by atoms with Crippen molar-refractivity contribution in [2.75, 3.05) is 0 Å². The van der Waals surface area contributed by atoms with Crippen LogP contribution in [0.25, 0.3) is 21.0 Å². The first-order valence-electron chi connectivity index (χ1n) is 8.79. The molecule has 1 aromatic heterocycles. The van der Waals surface area contributed by atoms with Gasteiger partial charge in [0.05, 0.1) is 10.2 Å². The van der Waals surface area contributed by atoms with E-state index in [1.54, 1.807) is 24.3 Å². The monoisotopic (exact) mass is 374 g/mol. The molecule has 0 radical (unpaired) electrons. The van der Waals surface area contributed by atoms with Crippen molar-refractivity contribution in [3.63, 3.8) is 0 Å². The lowest BCUT2D eigenvalue weighted by Crippen LogP contribution is -2.15. The fraction of sp³-hybridized carbons (Fsp3) is 0.136. The summed E-state index contributed by atoms with van der Waals surface area (Å²) in [6.07, 6.45) is 0. The van der Waals surface area contributed by atoms with Gasteiger partial charge in [0.15, 0.2) is 10.6 Å². The molecule has 4 rings (SSSR count). The largest absolute Gasteiger partial charge is 0.317 e. The highest BCUT2D eigenvalue weighted by molar-refractivity contribution is 7.17. The molecular formula is C22H18N2O2S. The molecule has 4 aromatic rings. The molecule has 1 amide bonds. The zero-order valence-corrected chi connectivity index (χ0v) is 15.9. The van der Waals surface area contributed by atoms with E-state index < -0.39 is 0 Å². The number of hydrogen-bond acceptors (Lipinski definition) is 3. The minimum absolute atomic E-state index is 0.0221. The molecule has 0 fully saturated rings. The van der Waals surface area contributed by atoms with Gasteiger partial charge in [-0.1, -0.05) is 53.8 Å². The van der Waals surface area contributed by atoms with E-state index in [2.05, 4.69) is 33.8 Å². The Balaban J connectivity index is 1.85. The summed E-state index contributed by atoms with van der Waals surface area (Å²) in [5.41, 5.74) is 2.15. The minimum atomic E-state index is -0.303. The Morgan fingerprint density at radius 2 is 1.67 bits per heavy atom. The molecule has 0 N–H and O–H groups in total. The number of hydrogen-bond donors (Lipinski definition) is 0. The predicted molar refractivity (Wildman–Crippen MR) is 109 cm³/mol. The second kappa shape index (κ2) is 6.93. The lowest BCUT2D eigenvalue weighted by Gasteiger charge is -2.02. The third-order valence-corrected chi connectivity index (χ3v) is 5.75. The van der Waals surface area contributed by atoms with Gasteiger partial charge in [-0.2, -0.15) is 4.99 Å². The highest BCUT2D eigenvalue weighted by Gasteiger charge is 2.11. The SMILES string of the molecule is CCn1c(=NC(=O)c2ccc(C(C)=O)cc2)sc2c3ccccc3ccc21. The molecule has 4 nitrogen and oxygen atoms in total. The molecule has 0 unspecified atom stereocenters. The van der Waals surface area contributed by atoms with Crippen LogP contribution >= 0.6 is 11.3 Å². The summed E-state index contributed by atoms with van der Waals surface area (Å²) < 4.78 is 3.20. The average molecular weight is 374 g/mol. The van der Waals surface area contributed by atoms with E-state index in [1.807, 2.05) is 19.1 Å². The van der Waals surface area contributed by atoms with Crippen LogP contribution in [0.3, 0.4) is 0 Å². The maximum absolute atomic E-state index is 12.6. The average Bonchev–Trinajstić information content (AvgIpc) is 3.05. The van der Waals surface area contributed by atoms with Gasteiger partial charge >= 0.3 is 0 Å². The van der Waals surface area contributed by atoms with Gasteiger partial charge in [0.1, 0.15) is 0 Å². The second-order valence-electron chi connectivity index (χ2n) is 6.31. The number of fused-ring (bicyclic) bond motifs is 3. The van der Waals surface area contributed by atoms with Crippen molar-refractivity contribution >= 4 is 44.0 Å². The summed E-state index contributed by atoms with van der Waals surface area (Å²) in [6, 6.07) is 19.1. The van der Waals surface area contributed by atoms with E-state index in [4.69, 9.17) is 0 Å². The standard InChI is InChI=1S/C22H18N2O2S/c1-3-24-19-13-12-16-6-4-5-7-18(16)20(19)27-22(24)23-21(26)17-10-8-15(9-11-17)14(2)25/h4-13H,3H2,1-2H3. The number of benzene rings is 3. The topological polar surface area (TPSA) is 51.4 Å². The Hall–Kier alpha value is -3.05. The van der Waals surface area contributed by atoms with Crippen molar-refractivity contribution in [3.8, 4) is 0 Å². The van der Waals surface area contributed by atoms with Gasteiger partial charge in [0, 0.05) is 23.1 Å². The van der Waals surface area contributed by atoms with Gasteiger partial charge in [0.2, 0.25) is 0 Å². The third-order valence-electron chi connectivity index (χ3n) is 4.63. The molecule has 27 heavy (non-hydrogen) atoms. The fourth-order valence-electron chi connectivity index (χ4n) is 3.19. The van der Waals surface area contributed by atoms with Gasteiger partial charge in [-0.3, -0.25) is 9.59 Å². The van der Waals surface area contributed by atoms with Crippen molar-refractivity contribution in [1.82, 2.24) is 4.57 Å². The highest BCUT2D eigenvalue weighted by atomic mass is 32.1. The second-order valence-corrected chi connectivity index (χ2v) is 7.29. The molecule has 0 spiro atoms. The first-order valence-corrected chi connectivity index (χ1v) is 9.61. The van der Waals surface area contributed by atoms with Crippen LogP contribution in [0.15, 0.2) is 65.7 Å². The van der Waals surface area contributed by atoms with Crippen molar-refractivity contribution in [1.29, 1.82) is 0 Å². The van der Waals surface area contributed by atoms with E-state index in [0.29, 0.717) is 15.9 Å². The smallest absolute Gasteiger partial charge is 0.279 e. The Morgan fingerprint density at radius 3 is 2.37 bits per heavy atom. The molecule has 0 saturated carbocycles. The number of Topliss-reactive ketones (excluding diaryl/α,β-unsaturated/α-hetero) is 1. The number of aryl methyl sites for hydroxylation is 1. The molecule has 0 atom stereocenters. The zero-order chi connectivity index (χ0) is 19.0. The summed E-state index contributed by atoms with van der Waals surface area (Å²) in [5, 5.41) is 2.34. The molecule has 1 heterocycles. The maximum atomic E-state index is 12.6. The first-order chi connectivity index (χ1) is 13.1. The Kier molecular flexibility index (Phi) is 4.46. The van der Waals surface area contributed by atoms with Gasteiger partial charge in [-0.15, -0.1) is 0 Å². The quantitative estimate of drug-likeness (QED) is 0.483. The molecular weight excluding hydrogens is 356 g/mol. The lowest BCUT2D eigenvalue weighted by atomic mass is 10.1. The van der Waals surface area contributed by atoms with Gasteiger partial charge in [0.25, 0.3) is 5.91 Å². The molecule has 0 saturated heterocycles. The normalized spacial score (nSPS) is 12.0. The van der Waals surface area contributed by atoms with E-state index in [-0.39, 0.29) is 11.7 Å². The van der Waals surface area contributed by atoms with Crippen LogP contribution in [0, 0.1) is 0 Å². The number of carbonyl (C=O) groups excluding carboxylic acids is 2. The summed E-state index contributed by atoms with van der Waals surface area (Å²) in [5.74, 6) is -0.325. The minimum Gasteiger partial charge on any atom is -0.317 e. The van der Waals surface area contributed by atoms with E-state index in [1.165, 1.54) is 29.0 Å². The summed E-state index contributed by atoms with van der Waals surface area (Å²) in [7, 11) is 0. The van der Waals surface area contributed by atoms with Gasteiger partial charge in [-0.25, -0.2) is 0 Å². The first kappa shape index (κ1) is 17.4. The third kappa shape index (κ3) is 3.11. The summed E-state index contributed by atoms with van der Waals surface area (Å²) in [4.78, 5) is 29.1. The maximum Gasteiger partial charge on any atom is 0.279 e. The lowest BCUT2D eigenvalue weighted by molar-refractivity contribution is 0.0991. The van der Waals surface area contributed by atoms with E-state index >= 15 is 0 Å². The number of rotatable bonds is 3. The molecule has 0 aliphatic heterocycles. The Morgan fingerprint density at radius 1 is 0.963 bits per heavy atom. The number of nitrogens with zero attached hydrogens (tertiary/aromatic N) is 2. The van der Waals surface area contributed by atoms with Crippen LogP contribution < -0.4 is 4.80 Å². The zero-order valence-electron chi connectivity index (χ0n) is 15.1. The fourth-order valence-corrected chi connectivity index (χ4v) is 4.42. The van der Waals surface area contributed by atoms with Gasteiger partial charge in [-0.05, 0) is 37.4 Å². The summed E-state index contributed by atoms with van der Waals surface area (Å²) >= 11 is 1.53. The van der Waals surface area contributed by atoms with E-state index in [0.717, 1.165) is 16.8 Å². The molecule has 134 valence electrons. The van der Waals surface area contributed by atoms with Crippen LogP contribution in [0.5, 0.6) is 0 Å².